The minimum atomic E-state index is 0.374. The van der Waals surface area contributed by atoms with Crippen LogP contribution in [0.5, 0.6) is 0 Å². The van der Waals surface area contributed by atoms with E-state index < -0.39 is 0 Å². The zero-order chi connectivity index (χ0) is 9.42. The molecule has 1 aliphatic carbocycles. The number of fused-ring (bicyclic) bond motifs is 1. The van der Waals surface area contributed by atoms with E-state index in [0.29, 0.717) is 17.9 Å². The van der Waals surface area contributed by atoms with Crippen LogP contribution in [0.4, 0.5) is 0 Å². The maximum absolute atomic E-state index is 5.95. The molecule has 0 amide bonds. The molecule has 2 rings (SSSR count). The molecule has 2 aliphatic rings. The van der Waals surface area contributed by atoms with E-state index in [0.717, 1.165) is 40.2 Å². The lowest BCUT2D eigenvalue weighted by Crippen LogP contribution is -2.40. The number of halogens is 1. The van der Waals surface area contributed by atoms with Gasteiger partial charge in [0.15, 0.2) is 0 Å². The largest absolute Gasteiger partial charge is 0.328 e. The Morgan fingerprint density at radius 1 is 1.31 bits per heavy atom. The third-order valence-electron chi connectivity index (χ3n) is 3.04. The van der Waals surface area contributed by atoms with Gasteiger partial charge in [0.05, 0.1) is 0 Å². The zero-order valence-electron chi connectivity index (χ0n) is 7.70. The minimum absolute atomic E-state index is 0.374. The van der Waals surface area contributed by atoms with E-state index in [4.69, 9.17) is 5.73 Å². The highest BCUT2D eigenvalue weighted by atomic mass is 79.9. The number of hydrogen-bond donors (Lipinski definition) is 1. The number of nitrogens with zero attached hydrogens (tertiary/aromatic N) is 2. The zero-order valence-corrected chi connectivity index (χ0v) is 11.3. The van der Waals surface area contributed by atoms with Crippen molar-refractivity contribution in [1.82, 2.24) is 0 Å². The molecule has 0 radical (unpaired) electrons. The fourth-order valence-electron chi connectivity index (χ4n) is 2.22. The molecular weight excluding hydrogens is 245 g/mol. The van der Waals surface area contributed by atoms with E-state index in [2.05, 4.69) is 26.1 Å². The van der Waals surface area contributed by atoms with Gasteiger partial charge >= 0.3 is 0 Å². The van der Waals surface area contributed by atoms with E-state index in [1.54, 1.807) is 0 Å². The van der Waals surface area contributed by atoms with Crippen molar-refractivity contribution in [3.63, 3.8) is 0 Å². The van der Waals surface area contributed by atoms with Crippen LogP contribution in [0.2, 0.25) is 0 Å². The first-order chi connectivity index (χ1) is 6.18. The summed E-state index contributed by atoms with van der Waals surface area (Å²) in [7, 11) is 0. The first-order valence-corrected chi connectivity index (χ1v) is 6.51. The molecule has 1 heterocycles. The summed E-state index contributed by atoms with van der Waals surface area (Å²) < 4.78 is 2.31. The van der Waals surface area contributed by atoms with Crippen molar-refractivity contribution in [1.29, 1.82) is 0 Å². The molecule has 0 aromatic rings. The van der Waals surface area contributed by atoms with E-state index in [1.165, 1.54) is 4.57 Å². The lowest BCUT2D eigenvalue weighted by molar-refractivity contribution is 0.338. The third-order valence-corrected chi connectivity index (χ3v) is 4.72. The second kappa shape index (κ2) is 3.82. The van der Waals surface area contributed by atoms with Gasteiger partial charge in [0.2, 0.25) is 0 Å². The Bertz CT molecular complexity index is 277. The minimum Gasteiger partial charge on any atom is -0.328 e. The van der Waals surface area contributed by atoms with Crippen LogP contribution in [0.15, 0.2) is 10.2 Å². The van der Waals surface area contributed by atoms with Crippen molar-refractivity contribution >= 4 is 41.4 Å². The van der Waals surface area contributed by atoms with Crippen LogP contribution in [-0.2, 0) is 0 Å². The van der Waals surface area contributed by atoms with Crippen LogP contribution < -0.4 is 5.73 Å². The lowest BCUT2D eigenvalue weighted by atomic mass is 9.78. The maximum atomic E-state index is 5.95. The monoisotopic (exact) mass is 257 g/mol. The highest BCUT2D eigenvalue weighted by molar-refractivity contribution is 9.18. The fraction of sp³-hybridized carbons (Fsp3) is 0.750. The molecule has 5 heteroatoms. The Morgan fingerprint density at radius 3 is 2.85 bits per heavy atom. The predicted octanol–water partition coefficient (Wildman–Crippen LogP) is 0.484. The van der Waals surface area contributed by atoms with Gasteiger partial charge in [-0.2, -0.15) is 5.10 Å². The maximum Gasteiger partial charge on any atom is 0.286 e. The van der Waals surface area contributed by atoms with Crippen LogP contribution in [0.25, 0.3) is 0 Å². The molecule has 13 heavy (non-hydrogen) atoms. The van der Waals surface area contributed by atoms with Gasteiger partial charge in [-0.1, -0.05) is 0 Å². The van der Waals surface area contributed by atoms with Gasteiger partial charge in [-0.15, -0.1) is 5.10 Å². The van der Waals surface area contributed by atoms with E-state index >= 15 is 0 Å². The summed E-state index contributed by atoms with van der Waals surface area (Å²) in [5.41, 5.74) is 5.95. The highest BCUT2D eigenvalue weighted by Crippen LogP contribution is 2.34. The van der Waals surface area contributed by atoms with Crippen molar-refractivity contribution in [3.8, 4) is 0 Å². The summed E-state index contributed by atoms with van der Waals surface area (Å²) in [5.74, 6) is 1.16. The van der Waals surface area contributed by atoms with Gasteiger partial charge in [-0.25, -0.2) is 0 Å². The quantitative estimate of drug-likeness (QED) is 0.631. The standard InChI is InChI=1S/C8H11BrN3.Al.2H/c9-8-7-2-1-6(10)3-5(7)4-11-12-8;;;/h5-7H,1-3,10H2;;;. The molecule has 0 saturated heterocycles. The van der Waals surface area contributed by atoms with Crippen LogP contribution in [-0.4, -0.2) is 31.5 Å². The topological polar surface area (TPSA) is 50.7 Å². The van der Waals surface area contributed by atoms with E-state index in [-0.39, 0.29) is 0 Å². The fourth-order valence-corrected chi connectivity index (χ4v) is 3.59. The molecule has 0 bridgehead atoms. The highest BCUT2D eigenvalue weighted by Gasteiger charge is 2.34. The molecule has 0 aromatic carbocycles. The molecule has 3 atom stereocenters. The molecule has 1 aliphatic heterocycles. The average molecular weight is 258 g/mol. The Morgan fingerprint density at radius 2 is 2.08 bits per heavy atom. The van der Waals surface area contributed by atoms with E-state index in [9.17, 15) is 0 Å². The van der Waals surface area contributed by atoms with Gasteiger partial charge in [0.1, 0.15) is 4.62 Å². The Kier molecular flexibility index (Phi) is 2.89. The summed E-state index contributed by atoms with van der Waals surface area (Å²) in [6.07, 6.45) is 3.38. The van der Waals surface area contributed by atoms with Gasteiger partial charge in [-0.05, 0) is 45.7 Å². The van der Waals surface area contributed by atoms with Crippen LogP contribution >= 0.6 is 15.9 Å². The third kappa shape index (κ3) is 1.89. The molecule has 1 fully saturated rings. The Balaban J connectivity index is 2.21. The van der Waals surface area contributed by atoms with Gasteiger partial charge < -0.3 is 5.73 Å². The summed E-state index contributed by atoms with van der Waals surface area (Å²) in [5, 5.41) is 8.33. The summed E-state index contributed by atoms with van der Waals surface area (Å²) in [4.78, 5) is 0. The van der Waals surface area contributed by atoms with Crippen molar-refractivity contribution in [3.05, 3.63) is 0 Å². The molecule has 0 aromatic heterocycles. The van der Waals surface area contributed by atoms with Crippen molar-refractivity contribution in [2.24, 2.45) is 27.8 Å². The lowest BCUT2D eigenvalue weighted by Gasteiger charge is -2.35. The predicted molar refractivity (Wildman–Crippen MR) is 61.1 cm³/mol. The summed E-state index contributed by atoms with van der Waals surface area (Å²) in [6, 6.07) is 0.374. The number of nitrogens with two attached hydrogens (primary N) is 1. The summed E-state index contributed by atoms with van der Waals surface area (Å²) in [6.45, 7) is 0. The average Bonchev–Trinajstić information content (AvgIpc) is 2.12. The molecular formula is C8H13AlBrN3. The first kappa shape index (κ1) is 9.85. The van der Waals surface area contributed by atoms with Crippen molar-refractivity contribution < 1.29 is 0 Å². The molecule has 1 saturated carbocycles. The van der Waals surface area contributed by atoms with Crippen LogP contribution in [0.3, 0.4) is 0 Å². The Hall–Kier alpha value is 0.312. The first-order valence-electron chi connectivity index (χ1n) is 4.71. The van der Waals surface area contributed by atoms with Gasteiger partial charge in [0.25, 0.3) is 16.3 Å². The van der Waals surface area contributed by atoms with E-state index in [1.807, 2.05) is 0 Å². The van der Waals surface area contributed by atoms with Gasteiger partial charge in [0, 0.05) is 12.0 Å². The molecule has 3 nitrogen and oxygen atoms in total. The van der Waals surface area contributed by atoms with Crippen LogP contribution in [0, 0.1) is 11.8 Å². The SMILES string of the molecule is NC1CCC2C(Br)=NN=[C]([AlH2])C2C1. The Labute approximate surface area is 94.4 Å². The normalized spacial score (nSPS) is 39.1. The number of rotatable bonds is 0. The second-order valence-electron chi connectivity index (χ2n) is 3.95. The second-order valence-corrected chi connectivity index (χ2v) is 5.79. The van der Waals surface area contributed by atoms with Crippen molar-refractivity contribution in [2.75, 3.05) is 0 Å². The molecule has 0 spiro atoms. The smallest absolute Gasteiger partial charge is 0.286 e. The molecule has 3 unspecified atom stereocenters. The van der Waals surface area contributed by atoms with Crippen LogP contribution in [0.1, 0.15) is 19.3 Å². The van der Waals surface area contributed by atoms with Crippen molar-refractivity contribution in [2.45, 2.75) is 25.3 Å². The van der Waals surface area contributed by atoms with Gasteiger partial charge in [-0.3, -0.25) is 0 Å². The molecule has 70 valence electrons. The summed E-state index contributed by atoms with van der Waals surface area (Å²) >= 11 is 4.51. The number of hydrogen-bond acceptors (Lipinski definition) is 3. The molecule has 2 N–H and O–H groups in total.